The summed E-state index contributed by atoms with van der Waals surface area (Å²) >= 11 is 9.32. The summed E-state index contributed by atoms with van der Waals surface area (Å²) in [6, 6.07) is 2.43. The van der Waals surface area contributed by atoms with E-state index in [-0.39, 0.29) is 0 Å². The van der Waals surface area contributed by atoms with Crippen LogP contribution in [0.1, 0.15) is 25.8 Å². The molecule has 1 unspecified atom stereocenters. The summed E-state index contributed by atoms with van der Waals surface area (Å²) in [6.45, 7) is 6.40. The SMILES string of the molecule is Cc1cnc(NC(CCCl)C(C)C)c(Br)c1. The lowest BCUT2D eigenvalue weighted by atomic mass is 10.0. The number of hydrogen-bond acceptors (Lipinski definition) is 2. The third-order valence-electron chi connectivity index (χ3n) is 2.52. The average Bonchev–Trinajstić information content (AvgIpc) is 2.20. The quantitative estimate of drug-likeness (QED) is 0.824. The summed E-state index contributed by atoms with van der Waals surface area (Å²) in [5, 5.41) is 3.43. The molecule has 0 amide bonds. The molecule has 0 aliphatic carbocycles. The van der Waals surface area contributed by atoms with Gasteiger partial charge in [0.25, 0.3) is 0 Å². The van der Waals surface area contributed by atoms with Crippen molar-refractivity contribution in [1.29, 1.82) is 0 Å². The van der Waals surface area contributed by atoms with Gasteiger partial charge in [0.1, 0.15) is 5.82 Å². The maximum absolute atomic E-state index is 5.80. The Bertz CT molecular complexity index is 342. The van der Waals surface area contributed by atoms with E-state index in [1.165, 1.54) is 0 Å². The highest BCUT2D eigenvalue weighted by Crippen LogP contribution is 2.23. The minimum absolute atomic E-state index is 0.365. The van der Waals surface area contributed by atoms with Crippen molar-refractivity contribution in [3.05, 3.63) is 22.3 Å². The number of hydrogen-bond donors (Lipinski definition) is 1. The number of aryl methyl sites for hydroxylation is 1. The predicted octanol–water partition coefficient (Wildman–Crippen LogP) is 4.22. The van der Waals surface area contributed by atoms with Crippen molar-refractivity contribution >= 4 is 33.3 Å². The van der Waals surface area contributed by atoms with Gasteiger partial charge in [0.05, 0.1) is 4.47 Å². The molecule has 1 heterocycles. The molecule has 0 saturated heterocycles. The van der Waals surface area contributed by atoms with Crippen LogP contribution >= 0.6 is 27.5 Å². The van der Waals surface area contributed by atoms with E-state index in [0.29, 0.717) is 17.8 Å². The molecule has 1 atom stereocenters. The zero-order valence-corrected chi connectivity index (χ0v) is 12.3. The number of anilines is 1. The first-order valence-electron chi connectivity index (χ1n) is 5.49. The molecule has 1 aromatic rings. The molecule has 0 aliphatic rings. The lowest BCUT2D eigenvalue weighted by Gasteiger charge is -2.22. The molecular weight excluding hydrogens is 288 g/mol. The Morgan fingerprint density at radius 3 is 2.69 bits per heavy atom. The van der Waals surface area contributed by atoms with Gasteiger partial charge in [-0.15, -0.1) is 11.6 Å². The first-order valence-corrected chi connectivity index (χ1v) is 6.82. The summed E-state index contributed by atoms with van der Waals surface area (Å²) < 4.78 is 1.01. The van der Waals surface area contributed by atoms with E-state index in [4.69, 9.17) is 11.6 Å². The minimum Gasteiger partial charge on any atom is -0.366 e. The molecule has 0 saturated carbocycles. The van der Waals surface area contributed by atoms with E-state index in [1.54, 1.807) is 0 Å². The molecule has 16 heavy (non-hydrogen) atoms. The smallest absolute Gasteiger partial charge is 0.140 e. The highest BCUT2D eigenvalue weighted by Gasteiger charge is 2.14. The van der Waals surface area contributed by atoms with Crippen LogP contribution in [0.4, 0.5) is 5.82 Å². The van der Waals surface area contributed by atoms with Gasteiger partial charge < -0.3 is 5.32 Å². The molecule has 0 spiro atoms. The number of nitrogens with zero attached hydrogens (tertiary/aromatic N) is 1. The van der Waals surface area contributed by atoms with E-state index in [9.17, 15) is 0 Å². The van der Waals surface area contributed by atoms with Crippen LogP contribution in [0.25, 0.3) is 0 Å². The summed E-state index contributed by atoms with van der Waals surface area (Å²) in [6.07, 6.45) is 2.81. The number of nitrogens with one attached hydrogen (secondary N) is 1. The van der Waals surface area contributed by atoms with E-state index in [1.807, 2.05) is 13.1 Å². The Labute approximate surface area is 111 Å². The van der Waals surface area contributed by atoms with Crippen LogP contribution in [0, 0.1) is 12.8 Å². The molecule has 90 valence electrons. The van der Waals surface area contributed by atoms with Crippen molar-refractivity contribution in [3.8, 4) is 0 Å². The van der Waals surface area contributed by atoms with Crippen LogP contribution in [0.5, 0.6) is 0 Å². The molecule has 0 aliphatic heterocycles. The fraction of sp³-hybridized carbons (Fsp3) is 0.583. The second kappa shape index (κ2) is 6.45. The van der Waals surface area contributed by atoms with Crippen LogP contribution in [0.3, 0.4) is 0 Å². The van der Waals surface area contributed by atoms with Gasteiger partial charge in [-0.25, -0.2) is 4.98 Å². The van der Waals surface area contributed by atoms with E-state index >= 15 is 0 Å². The van der Waals surface area contributed by atoms with Crippen LogP contribution < -0.4 is 5.32 Å². The molecular formula is C12H18BrClN2. The normalized spacial score (nSPS) is 12.9. The van der Waals surface area contributed by atoms with Crippen molar-refractivity contribution in [3.63, 3.8) is 0 Å². The molecule has 4 heteroatoms. The van der Waals surface area contributed by atoms with Crippen molar-refractivity contribution in [2.45, 2.75) is 33.2 Å². The third kappa shape index (κ3) is 3.95. The molecule has 0 fully saturated rings. The zero-order valence-electron chi connectivity index (χ0n) is 9.93. The lowest BCUT2D eigenvalue weighted by molar-refractivity contribution is 0.511. The van der Waals surface area contributed by atoms with Gasteiger partial charge in [-0.1, -0.05) is 13.8 Å². The van der Waals surface area contributed by atoms with Gasteiger partial charge in [0, 0.05) is 18.1 Å². The highest BCUT2D eigenvalue weighted by atomic mass is 79.9. The number of pyridine rings is 1. The van der Waals surface area contributed by atoms with E-state index in [2.05, 4.69) is 46.1 Å². The van der Waals surface area contributed by atoms with E-state index < -0.39 is 0 Å². The topological polar surface area (TPSA) is 24.9 Å². The van der Waals surface area contributed by atoms with E-state index in [0.717, 1.165) is 22.3 Å². The second-order valence-corrected chi connectivity index (χ2v) is 5.55. The summed E-state index contributed by atoms with van der Waals surface area (Å²) in [4.78, 5) is 4.38. The molecule has 1 rings (SSSR count). The van der Waals surface area contributed by atoms with Gasteiger partial charge in [-0.3, -0.25) is 0 Å². The fourth-order valence-corrected chi connectivity index (χ4v) is 2.32. The zero-order chi connectivity index (χ0) is 12.1. The van der Waals surface area contributed by atoms with Crippen LogP contribution in [-0.2, 0) is 0 Å². The highest BCUT2D eigenvalue weighted by molar-refractivity contribution is 9.10. The van der Waals surface area contributed by atoms with Gasteiger partial charge >= 0.3 is 0 Å². The van der Waals surface area contributed by atoms with Crippen LogP contribution in [0.2, 0.25) is 0 Å². The Morgan fingerprint density at radius 2 is 2.19 bits per heavy atom. The summed E-state index contributed by atoms with van der Waals surface area (Å²) in [5.74, 6) is 2.10. The molecule has 1 aromatic heterocycles. The summed E-state index contributed by atoms with van der Waals surface area (Å²) in [5.41, 5.74) is 1.15. The fourth-order valence-electron chi connectivity index (χ4n) is 1.51. The van der Waals surface area contributed by atoms with Crippen molar-refractivity contribution in [2.24, 2.45) is 5.92 Å². The number of aromatic nitrogens is 1. The molecule has 1 N–H and O–H groups in total. The Morgan fingerprint density at radius 1 is 1.50 bits per heavy atom. The lowest BCUT2D eigenvalue weighted by Crippen LogP contribution is -2.26. The first-order chi connectivity index (χ1) is 7.54. The average molecular weight is 306 g/mol. The van der Waals surface area contributed by atoms with Crippen LogP contribution in [-0.4, -0.2) is 16.9 Å². The maximum atomic E-state index is 5.80. The predicted molar refractivity (Wildman–Crippen MR) is 74.3 cm³/mol. The number of rotatable bonds is 5. The molecule has 0 aromatic carbocycles. The van der Waals surface area contributed by atoms with Gasteiger partial charge in [-0.2, -0.15) is 0 Å². The number of halogens is 2. The van der Waals surface area contributed by atoms with Crippen LogP contribution in [0.15, 0.2) is 16.7 Å². The molecule has 0 radical (unpaired) electrons. The molecule has 0 bridgehead atoms. The largest absolute Gasteiger partial charge is 0.366 e. The Kier molecular flexibility index (Phi) is 5.56. The third-order valence-corrected chi connectivity index (χ3v) is 3.35. The van der Waals surface area contributed by atoms with Crippen molar-refractivity contribution < 1.29 is 0 Å². The standard InChI is InChI=1S/C12H18BrClN2/c1-8(2)11(4-5-14)16-12-10(13)6-9(3)7-15-12/h6-8,11H,4-5H2,1-3H3,(H,15,16). The minimum atomic E-state index is 0.365. The second-order valence-electron chi connectivity index (χ2n) is 4.32. The van der Waals surface area contributed by atoms with Gasteiger partial charge in [0.2, 0.25) is 0 Å². The Balaban J connectivity index is 2.77. The monoisotopic (exact) mass is 304 g/mol. The Hall–Kier alpha value is -0.280. The van der Waals surface area contributed by atoms with Gasteiger partial charge in [-0.05, 0) is 46.8 Å². The van der Waals surface area contributed by atoms with Crippen molar-refractivity contribution in [1.82, 2.24) is 4.98 Å². The number of alkyl halides is 1. The van der Waals surface area contributed by atoms with Crippen molar-refractivity contribution in [2.75, 3.05) is 11.2 Å². The van der Waals surface area contributed by atoms with Gasteiger partial charge in [0.15, 0.2) is 0 Å². The summed E-state index contributed by atoms with van der Waals surface area (Å²) in [7, 11) is 0. The molecule has 2 nitrogen and oxygen atoms in total. The maximum Gasteiger partial charge on any atom is 0.140 e. The first kappa shape index (κ1) is 13.8.